The van der Waals surface area contributed by atoms with Crippen molar-refractivity contribution < 1.29 is 9.53 Å². The first-order chi connectivity index (χ1) is 8.15. The lowest BCUT2D eigenvalue weighted by Crippen LogP contribution is -2.38. The molecular weight excluding hydrogens is 218 g/mol. The van der Waals surface area contributed by atoms with Crippen LogP contribution in [0.1, 0.15) is 12.0 Å². The zero-order valence-corrected chi connectivity index (χ0v) is 9.82. The molecule has 1 aromatic carbocycles. The highest BCUT2D eigenvalue weighted by Crippen LogP contribution is 2.19. The van der Waals surface area contributed by atoms with Crippen LogP contribution >= 0.6 is 0 Å². The topological polar surface area (TPSA) is 76.4 Å². The summed E-state index contributed by atoms with van der Waals surface area (Å²) in [6.45, 7) is 3.24. The highest BCUT2D eigenvalue weighted by atomic mass is 16.5. The maximum atomic E-state index is 11.7. The number of hydrogen-bond acceptors (Lipinski definition) is 3. The molecule has 17 heavy (non-hydrogen) atoms. The van der Waals surface area contributed by atoms with Gasteiger partial charge in [-0.15, -0.1) is 0 Å². The Bertz CT molecular complexity index is 414. The van der Waals surface area contributed by atoms with Gasteiger partial charge in [0.2, 0.25) is 0 Å². The van der Waals surface area contributed by atoms with Gasteiger partial charge in [-0.2, -0.15) is 0 Å². The highest BCUT2D eigenvalue weighted by Gasteiger charge is 2.17. The van der Waals surface area contributed by atoms with Gasteiger partial charge in [0.15, 0.2) is 0 Å². The Kier molecular flexibility index (Phi) is 3.49. The molecular formula is C12H17N3O2. The zero-order valence-electron chi connectivity index (χ0n) is 9.82. The number of carbonyl (C=O) groups is 1. The molecule has 5 heteroatoms. The van der Waals surface area contributed by atoms with Gasteiger partial charge in [-0.25, -0.2) is 4.79 Å². The van der Waals surface area contributed by atoms with Crippen molar-refractivity contribution in [3.8, 4) is 0 Å². The highest BCUT2D eigenvalue weighted by molar-refractivity contribution is 5.92. The number of carbonyl (C=O) groups excluding carboxylic acids is 1. The van der Waals surface area contributed by atoms with Gasteiger partial charge in [-0.3, -0.25) is 0 Å². The van der Waals surface area contributed by atoms with Gasteiger partial charge in [0, 0.05) is 6.61 Å². The molecule has 1 fully saturated rings. The van der Waals surface area contributed by atoms with Crippen LogP contribution in [0.5, 0.6) is 0 Å². The summed E-state index contributed by atoms with van der Waals surface area (Å²) in [5.41, 5.74) is 8.08. The fraction of sp³-hybridized carbons (Fsp3) is 0.417. The van der Waals surface area contributed by atoms with Crippen molar-refractivity contribution in [3.63, 3.8) is 0 Å². The van der Waals surface area contributed by atoms with E-state index >= 15 is 0 Å². The lowest BCUT2D eigenvalue weighted by atomic mass is 10.2. The van der Waals surface area contributed by atoms with E-state index in [4.69, 9.17) is 10.5 Å². The van der Waals surface area contributed by atoms with Gasteiger partial charge in [0.05, 0.1) is 24.0 Å². The molecule has 0 bridgehead atoms. The van der Waals surface area contributed by atoms with E-state index in [2.05, 4.69) is 10.6 Å². The summed E-state index contributed by atoms with van der Waals surface area (Å²) in [5, 5.41) is 5.57. The van der Waals surface area contributed by atoms with Gasteiger partial charge in [0.25, 0.3) is 0 Å². The van der Waals surface area contributed by atoms with E-state index in [-0.39, 0.29) is 12.1 Å². The molecule has 1 aromatic rings. The third kappa shape index (κ3) is 3.10. The van der Waals surface area contributed by atoms with Gasteiger partial charge in [-0.05, 0) is 31.0 Å². The number of urea groups is 1. The first-order valence-corrected chi connectivity index (χ1v) is 5.66. The largest absolute Gasteiger partial charge is 0.397 e. The monoisotopic (exact) mass is 235 g/mol. The van der Waals surface area contributed by atoms with Crippen molar-refractivity contribution in [2.24, 2.45) is 0 Å². The molecule has 1 atom stereocenters. The summed E-state index contributed by atoms with van der Waals surface area (Å²) >= 11 is 0. The zero-order chi connectivity index (χ0) is 12.3. The number of nitrogen functional groups attached to an aromatic ring is 1. The van der Waals surface area contributed by atoms with Crippen LogP contribution in [0.25, 0.3) is 0 Å². The predicted octanol–water partition coefficient (Wildman–Crippen LogP) is 1.49. The number of nitrogens with two attached hydrogens (primary N) is 1. The second kappa shape index (κ2) is 5.05. The number of aryl methyl sites for hydroxylation is 1. The molecule has 1 heterocycles. The number of rotatable bonds is 2. The number of nitrogens with one attached hydrogen (secondary N) is 2. The molecule has 4 N–H and O–H groups in total. The molecule has 2 rings (SSSR count). The molecule has 0 spiro atoms. The summed E-state index contributed by atoms with van der Waals surface area (Å²) in [6.07, 6.45) is 0.858. The summed E-state index contributed by atoms with van der Waals surface area (Å²) in [7, 11) is 0. The van der Waals surface area contributed by atoms with Crippen LogP contribution in [0.2, 0.25) is 0 Å². The Morgan fingerprint density at radius 2 is 2.35 bits per heavy atom. The molecule has 0 radical (unpaired) electrons. The first-order valence-electron chi connectivity index (χ1n) is 5.66. The second-order valence-electron chi connectivity index (χ2n) is 4.25. The molecule has 0 aromatic heterocycles. The van der Waals surface area contributed by atoms with E-state index in [0.29, 0.717) is 24.6 Å². The predicted molar refractivity (Wildman–Crippen MR) is 67.0 cm³/mol. The fourth-order valence-corrected chi connectivity index (χ4v) is 1.79. The van der Waals surface area contributed by atoms with E-state index in [0.717, 1.165) is 12.0 Å². The molecule has 1 unspecified atom stereocenters. The second-order valence-corrected chi connectivity index (χ2v) is 4.25. The van der Waals surface area contributed by atoms with Crippen molar-refractivity contribution in [2.75, 3.05) is 24.3 Å². The van der Waals surface area contributed by atoms with Crippen LogP contribution in [0.3, 0.4) is 0 Å². The summed E-state index contributed by atoms with van der Waals surface area (Å²) in [4.78, 5) is 11.7. The van der Waals surface area contributed by atoms with Gasteiger partial charge in [-0.1, -0.05) is 6.07 Å². The number of hydrogen-bond donors (Lipinski definition) is 3. The number of amides is 2. The van der Waals surface area contributed by atoms with Gasteiger partial charge < -0.3 is 21.1 Å². The van der Waals surface area contributed by atoms with Crippen LogP contribution in [-0.2, 0) is 4.74 Å². The minimum absolute atomic E-state index is 0.0988. The Morgan fingerprint density at radius 1 is 1.53 bits per heavy atom. The van der Waals surface area contributed by atoms with Crippen LogP contribution < -0.4 is 16.4 Å². The quantitative estimate of drug-likeness (QED) is 0.680. The number of anilines is 2. The molecule has 2 amide bonds. The molecule has 1 aliphatic rings. The lowest BCUT2D eigenvalue weighted by molar-refractivity contribution is 0.189. The fourth-order valence-electron chi connectivity index (χ4n) is 1.79. The molecule has 0 saturated carbocycles. The third-order valence-corrected chi connectivity index (χ3v) is 2.72. The van der Waals surface area contributed by atoms with Crippen molar-refractivity contribution >= 4 is 17.4 Å². The molecule has 1 saturated heterocycles. The standard InChI is InChI=1S/C12H17N3O2/c1-8-2-3-11(10(13)6-8)15-12(16)14-9-4-5-17-7-9/h2-3,6,9H,4-5,7,13H2,1H3,(H2,14,15,16). The summed E-state index contributed by atoms with van der Waals surface area (Å²) in [5.74, 6) is 0. The Morgan fingerprint density at radius 3 is 3.00 bits per heavy atom. The van der Waals surface area contributed by atoms with Crippen molar-refractivity contribution in [1.29, 1.82) is 0 Å². The van der Waals surface area contributed by atoms with E-state index in [1.54, 1.807) is 6.07 Å². The molecule has 0 aliphatic carbocycles. The minimum Gasteiger partial charge on any atom is -0.397 e. The number of benzene rings is 1. The van der Waals surface area contributed by atoms with Crippen LogP contribution in [0.4, 0.5) is 16.2 Å². The lowest BCUT2D eigenvalue weighted by Gasteiger charge is -2.13. The minimum atomic E-state index is -0.240. The van der Waals surface area contributed by atoms with E-state index in [1.807, 2.05) is 19.1 Å². The molecule has 5 nitrogen and oxygen atoms in total. The van der Waals surface area contributed by atoms with Crippen LogP contribution in [0.15, 0.2) is 18.2 Å². The molecule has 92 valence electrons. The van der Waals surface area contributed by atoms with Crippen LogP contribution in [-0.4, -0.2) is 25.3 Å². The van der Waals surface area contributed by atoms with Crippen LogP contribution in [0, 0.1) is 6.92 Å². The van der Waals surface area contributed by atoms with Crippen molar-refractivity contribution in [3.05, 3.63) is 23.8 Å². The van der Waals surface area contributed by atoms with Crippen molar-refractivity contribution in [2.45, 2.75) is 19.4 Å². The molecule has 1 aliphatic heterocycles. The smallest absolute Gasteiger partial charge is 0.319 e. The number of ether oxygens (including phenoxy) is 1. The maximum Gasteiger partial charge on any atom is 0.319 e. The van der Waals surface area contributed by atoms with E-state index < -0.39 is 0 Å². The first kappa shape index (κ1) is 11.7. The Hall–Kier alpha value is -1.75. The summed E-state index contributed by atoms with van der Waals surface area (Å²) < 4.78 is 5.18. The van der Waals surface area contributed by atoms with E-state index in [1.165, 1.54) is 0 Å². The third-order valence-electron chi connectivity index (χ3n) is 2.72. The average molecular weight is 235 g/mol. The maximum absolute atomic E-state index is 11.7. The SMILES string of the molecule is Cc1ccc(NC(=O)NC2CCOC2)c(N)c1. The normalized spacial score (nSPS) is 19.0. The Labute approximate surface area is 100 Å². The average Bonchev–Trinajstić information content (AvgIpc) is 2.75. The summed E-state index contributed by atoms with van der Waals surface area (Å²) in [6, 6.07) is 5.40. The van der Waals surface area contributed by atoms with E-state index in [9.17, 15) is 4.79 Å². The van der Waals surface area contributed by atoms with Crippen molar-refractivity contribution in [1.82, 2.24) is 5.32 Å². The Balaban J connectivity index is 1.93. The van der Waals surface area contributed by atoms with Gasteiger partial charge in [0.1, 0.15) is 0 Å². The van der Waals surface area contributed by atoms with Gasteiger partial charge >= 0.3 is 6.03 Å².